The molecule has 0 radical (unpaired) electrons. The summed E-state index contributed by atoms with van der Waals surface area (Å²) in [5.74, 6) is 3.84. The van der Waals surface area contributed by atoms with Crippen LogP contribution in [0.5, 0.6) is 0 Å². The number of thioether (sulfide) groups is 1. The highest BCUT2D eigenvalue weighted by atomic mass is 32.2. The topological polar surface area (TPSA) is 12.0 Å². The molecule has 0 aliphatic carbocycles. The van der Waals surface area contributed by atoms with Gasteiger partial charge in [0.2, 0.25) is 0 Å². The van der Waals surface area contributed by atoms with Crippen LogP contribution in [0.3, 0.4) is 0 Å². The Morgan fingerprint density at radius 3 is 2.75 bits per heavy atom. The number of nitrogens with one attached hydrogen (secondary N) is 1. The smallest absolute Gasteiger partial charge is 0.00307 e. The normalized spacial score (nSPS) is 20.6. The Hall–Kier alpha value is 0.310. The second kappa shape index (κ2) is 3.36. The fourth-order valence-electron chi connectivity index (χ4n) is 0.800. The van der Waals surface area contributed by atoms with Crippen molar-refractivity contribution in [3.63, 3.8) is 0 Å². The molecule has 48 valence electrons. The lowest BCUT2D eigenvalue weighted by atomic mass is 10.1. The maximum absolute atomic E-state index is 3.16. The summed E-state index contributed by atoms with van der Waals surface area (Å²) in [5.41, 5.74) is 0. The lowest BCUT2D eigenvalue weighted by molar-refractivity contribution is 0.556. The first-order chi connectivity index (χ1) is 3.93. The highest BCUT2D eigenvalue weighted by Gasteiger charge is 2.16. The zero-order chi connectivity index (χ0) is 5.82. The van der Waals surface area contributed by atoms with E-state index >= 15 is 0 Å². The van der Waals surface area contributed by atoms with E-state index in [-0.39, 0.29) is 0 Å². The largest absolute Gasteiger partial charge is 0.320 e. The van der Waals surface area contributed by atoms with Crippen LogP contribution in [0.25, 0.3) is 0 Å². The Morgan fingerprint density at radius 2 is 2.38 bits per heavy atom. The SMILES string of the molecule is CNCCC1CSC1. The van der Waals surface area contributed by atoms with Gasteiger partial charge in [0.15, 0.2) is 0 Å². The molecule has 2 heteroatoms. The second-order valence-corrected chi connectivity index (χ2v) is 3.37. The first-order valence-corrected chi connectivity index (χ1v) is 4.31. The van der Waals surface area contributed by atoms with Crippen LogP contribution in [0.4, 0.5) is 0 Å². The molecule has 0 amide bonds. The summed E-state index contributed by atoms with van der Waals surface area (Å²) in [6.07, 6.45) is 1.38. The van der Waals surface area contributed by atoms with E-state index in [1.165, 1.54) is 24.5 Å². The van der Waals surface area contributed by atoms with Gasteiger partial charge >= 0.3 is 0 Å². The van der Waals surface area contributed by atoms with Gasteiger partial charge in [-0.05, 0) is 37.4 Å². The molecular formula is C6H13NS. The third kappa shape index (κ3) is 1.67. The van der Waals surface area contributed by atoms with Gasteiger partial charge < -0.3 is 5.32 Å². The van der Waals surface area contributed by atoms with Crippen LogP contribution in [-0.4, -0.2) is 25.1 Å². The Morgan fingerprint density at radius 1 is 1.62 bits per heavy atom. The minimum absolute atomic E-state index is 1.03. The monoisotopic (exact) mass is 131 g/mol. The Labute approximate surface area is 55.2 Å². The fraction of sp³-hybridized carbons (Fsp3) is 1.00. The molecule has 8 heavy (non-hydrogen) atoms. The molecule has 1 saturated heterocycles. The van der Waals surface area contributed by atoms with E-state index < -0.39 is 0 Å². The molecule has 1 rings (SSSR count). The van der Waals surface area contributed by atoms with E-state index in [2.05, 4.69) is 17.1 Å². The molecule has 1 fully saturated rings. The fourth-order valence-corrected chi connectivity index (χ4v) is 1.70. The van der Waals surface area contributed by atoms with E-state index in [9.17, 15) is 0 Å². The minimum Gasteiger partial charge on any atom is -0.320 e. The van der Waals surface area contributed by atoms with Crippen molar-refractivity contribution in [2.24, 2.45) is 5.92 Å². The predicted octanol–water partition coefficient (Wildman–Crippen LogP) is 0.959. The van der Waals surface area contributed by atoms with Crippen molar-refractivity contribution < 1.29 is 0 Å². The lowest BCUT2D eigenvalue weighted by Gasteiger charge is -2.24. The molecule has 0 unspecified atom stereocenters. The van der Waals surface area contributed by atoms with Crippen molar-refractivity contribution in [3.05, 3.63) is 0 Å². The summed E-state index contributed by atoms with van der Waals surface area (Å²) < 4.78 is 0. The quantitative estimate of drug-likeness (QED) is 0.612. The van der Waals surface area contributed by atoms with Crippen LogP contribution >= 0.6 is 11.8 Å². The third-order valence-electron chi connectivity index (χ3n) is 1.51. The average Bonchev–Trinajstić information content (AvgIpc) is 1.63. The predicted molar refractivity (Wildman–Crippen MR) is 39.4 cm³/mol. The summed E-state index contributed by atoms with van der Waals surface area (Å²) in [6, 6.07) is 0. The van der Waals surface area contributed by atoms with Gasteiger partial charge in [-0.3, -0.25) is 0 Å². The second-order valence-electron chi connectivity index (χ2n) is 2.30. The van der Waals surface area contributed by atoms with E-state index in [0.29, 0.717) is 0 Å². The highest BCUT2D eigenvalue weighted by molar-refractivity contribution is 8.00. The summed E-state index contributed by atoms with van der Waals surface area (Å²) >= 11 is 2.07. The van der Waals surface area contributed by atoms with Gasteiger partial charge in [0.05, 0.1) is 0 Å². The van der Waals surface area contributed by atoms with Crippen LogP contribution in [0.2, 0.25) is 0 Å². The molecular weight excluding hydrogens is 118 g/mol. The van der Waals surface area contributed by atoms with Gasteiger partial charge in [-0.1, -0.05) is 0 Å². The molecule has 1 N–H and O–H groups in total. The summed E-state index contributed by atoms with van der Waals surface area (Å²) in [6.45, 7) is 1.20. The Balaban J connectivity index is 1.86. The maximum Gasteiger partial charge on any atom is -0.00307 e. The number of hydrogen-bond donors (Lipinski definition) is 1. The Bertz CT molecular complexity index is 61.5. The van der Waals surface area contributed by atoms with Crippen molar-refractivity contribution in [3.8, 4) is 0 Å². The molecule has 1 heterocycles. The van der Waals surface area contributed by atoms with Crippen LogP contribution in [-0.2, 0) is 0 Å². The van der Waals surface area contributed by atoms with E-state index in [4.69, 9.17) is 0 Å². The van der Waals surface area contributed by atoms with E-state index in [1.54, 1.807) is 0 Å². The molecule has 0 saturated carbocycles. The van der Waals surface area contributed by atoms with Gasteiger partial charge in [0.25, 0.3) is 0 Å². The van der Waals surface area contributed by atoms with E-state index in [0.717, 1.165) is 5.92 Å². The van der Waals surface area contributed by atoms with Gasteiger partial charge in [0, 0.05) is 0 Å². The molecule has 0 atom stereocenters. The van der Waals surface area contributed by atoms with Gasteiger partial charge in [-0.2, -0.15) is 11.8 Å². The zero-order valence-corrected chi connectivity index (χ0v) is 6.13. The minimum atomic E-state index is 1.03. The van der Waals surface area contributed by atoms with Crippen molar-refractivity contribution in [1.29, 1.82) is 0 Å². The molecule has 0 spiro atoms. The van der Waals surface area contributed by atoms with Crippen molar-refractivity contribution in [2.75, 3.05) is 25.1 Å². The molecule has 1 aliphatic heterocycles. The molecule has 1 nitrogen and oxygen atoms in total. The average molecular weight is 131 g/mol. The first-order valence-electron chi connectivity index (χ1n) is 3.16. The van der Waals surface area contributed by atoms with Crippen LogP contribution < -0.4 is 5.32 Å². The first kappa shape index (κ1) is 6.43. The van der Waals surface area contributed by atoms with Crippen molar-refractivity contribution >= 4 is 11.8 Å². The van der Waals surface area contributed by atoms with Gasteiger partial charge in [0.1, 0.15) is 0 Å². The lowest BCUT2D eigenvalue weighted by Crippen LogP contribution is -2.22. The van der Waals surface area contributed by atoms with Crippen molar-refractivity contribution in [2.45, 2.75) is 6.42 Å². The molecule has 1 aliphatic rings. The number of rotatable bonds is 3. The molecule has 0 aromatic carbocycles. The van der Waals surface area contributed by atoms with Gasteiger partial charge in [-0.25, -0.2) is 0 Å². The summed E-state index contributed by atoms with van der Waals surface area (Å²) in [5, 5.41) is 3.16. The van der Waals surface area contributed by atoms with Crippen LogP contribution in [0.1, 0.15) is 6.42 Å². The molecule has 0 aromatic rings. The summed E-state index contributed by atoms with van der Waals surface area (Å²) in [7, 11) is 2.02. The zero-order valence-electron chi connectivity index (χ0n) is 5.31. The highest BCUT2D eigenvalue weighted by Crippen LogP contribution is 2.26. The van der Waals surface area contributed by atoms with Crippen molar-refractivity contribution in [1.82, 2.24) is 5.32 Å². The standard InChI is InChI=1S/C6H13NS/c1-7-3-2-6-4-8-5-6/h6-7H,2-5H2,1H3. The maximum atomic E-state index is 3.16. The Kier molecular flexibility index (Phi) is 2.70. The van der Waals surface area contributed by atoms with Gasteiger partial charge in [-0.15, -0.1) is 0 Å². The van der Waals surface area contributed by atoms with E-state index in [1.807, 2.05) is 7.05 Å². The molecule has 0 bridgehead atoms. The van der Waals surface area contributed by atoms with Crippen LogP contribution in [0.15, 0.2) is 0 Å². The summed E-state index contributed by atoms with van der Waals surface area (Å²) in [4.78, 5) is 0. The number of hydrogen-bond acceptors (Lipinski definition) is 2. The van der Waals surface area contributed by atoms with Crippen LogP contribution in [0, 0.1) is 5.92 Å². The molecule has 0 aromatic heterocycles. The third-order valence-corrected chi connectivity index (χ3v) is 2.92.